The molecule has 70 valence electrons. The van der Waals surface area contributed by atoms with Gasteiger partial charge in [-0.1, -0.05) is 13.8 Å². The summed E-state index contributed by atoms with van der Waals surface area (Å²) in [5.74, 6) is 0.856. The molecule has 0 aromatic rings. The van der Waals surface area contributed by atoms with Crippen LogP contribution in [0.15, 0.2) is 0 Å². The van der Waals surface area contributed by atoms with Crippen LogP contribution < -0.4 is 0 Å². The summed E-state index contributed by atoms with van der Waals surface area (Å²) in [5, 5.41) is 0. The first-order valence-electron chi connectivity index (χ1n) is 4.40. The molecule has 1 rings (SSSR count). The molecule has 1 fully saturated rings. The van der Waals surface area contributed by atoms with Gasteiger partial charge >= 0.3 is 0 Å². The summed E-state index contributed by atoms with van der Waals surface area (Å²) in [6.07, 6.45) is 0.685. The molecule has 0 atom stereocenters. The lowest BCUT2D eigenvalue weighted by Gasteiger charge is -2.19. The standard InChI is InChI=1S/C9H17NOS/c1-7(2)6-10-8(11)5-9(3,4)12-10/h7H,5-6H2,1-4H3. The van der Waals surface area contributed by atoms with Crippen molar-refractivity contribution in [1.82, 2.24) is 4.31 Å². The van der Waals surface area contributed by atoms with Crippen LogP contribution in [0.5, 0.6) is 0 Å². The van der Waals surface area contributed by atoms with Crippen LogP contribution in [0, 0.1) is 5.92 Å². The highest BCUT2D eigenvalue weighted by molar-refractivity contribution is 7.99. The number of amides is 1. The van der Waals surface area contributed by atoms with E-state index < -0.39 is 0 Å². The van der Waals surface area contributed by atoms with Crippen LogP contribution in [0.4, 0.5) is 0 Å². The third-order valence-corrected chi connectivity index (χ3v) is 2.96. The second kappa shape index (κ2) is 3.29. The number of hydrogen-bond acceptors (Lipinski definition) is 2. The Bertz CT molecular complexity index is 189. The van der Waals surface area contributed by atoms with Crippen LogP contribution in [-0.2, 0) is 4.79 Å². The van der Waals surface area contributed by atoms with Gasteiger partial charge in [0.25, 0.3) is 0 Å². The molecule has 1 heterocycles. The van der Waals surface area contributed by atoms with E-state index in [9.17, 15) is 4.79 Å². The molecule has 0 unspecified atom stereocenters. The topological polar surface area (TPSA) is 20.3 Å². The van der Waals surface area contributed by atoms with Gasteiger partial charge < -0.3 is 0 Å². The zero-order valence-electron chi connectivity index (χ0n) is 8.26. The zero-order valence-corrected chi connectivity index (χ0v) is 9.07. The van der Waals surface area contributed by atoms with Gasteiger partial charge in [-0.05, 0) is 31.7 Å². The van der Waals surface area contributed by atoms with E-state index in [1.165, 1.54) is 0 Å². The molecule has 0 spiro atoms. The summed E-state index contributed by atoms with van der Waals surface area (Å²) in [6.45, 7) is 9.40. The Labute approximate surface area is 78.8 Å². The molecule has 0 bridgehead atoms. The predicted octanol–water partition coefficient (Wildman–Crippen LogP) is 2.30. The minimum Gasteiger partial charge on any atom is -0.286 e. The van der Waals surface area contributed by atoms with Gasteiger partial charge in [-0.15, -0.1) is 0 Å². The molecule has 0 saturated carbocycles. The van der Waals surface area contributed by atoms with E-state index in [0.717, 1.165) is 6.54 Å². The van der Waals surface area contributed by atoms with Crippen molar-refractivity contribution in [1.29, 1.82) is 0 Å². The highest BCUT2D eigenvalue weighted by atomic mass is 32.2. The maximum Gasteiger partial charge on any atom is 0.233 e. The van der Waals surface area contributed by atoms with Gasteiger partial charge in [0, 0.05) is 17.7 Å². The SMILES string of the molecule is CC(C)CN1SC(C)(C)CC1=O. The van der Waals surface area contributed by atoms with Crippen LogP contribution in [-0.4, -0.2) is 21.5 Å². The normalized spacial score (nSPS) is 22.4. The van der Waals surface area contributed by atoms with E-state index >= 15 is 0 Å². The first-order chi connectivity index (χ1) is 5.41. The molecule has 3 heteroatoms. The second-order valence-corrected chi connectivity index (χ2v) is 6.10. The van der Waals surface area contributed by atoms with Crippen molar-refractivity contribution in [3.8, 4) is 0 Å². The Morgan fingerprint density at radius 1 is 1.58 bits per heavy atom. The summed E-state index contributed by atoms with van der Waals surface area (Å²) in [5.41, 5.74) is 0. The average molecular weight is 187 g/mol. The van der Waals surface area contributed by atoms with Gasteiger partial charge in [0.05, 0.1) is 0 Å². The summed E-state index contributed by atoms with van der Waals surface area (Å²) in [6, 6.07) is 0. The van der Waals surface area contributed by atoms with Crippen LogP contribution in [0.2, 0.25) is 0 Å². The molecule has 0 N–H and O–H groups in total. The monoisotopic (exact) mass is 187 g/mol. The number of carbonyl (C=O) groups is 1. The predicted molar refractivity (Wildman–Crippen MR) is 52.8 cm³/mol. The second-order valence-electron chi connectivity index (χ2n) is 4.38. The third-order valence-electron chi connectivity index (χ3n) is 1.74. The average Bonchev–Trinajstić information content (AvgIpc) is 2.03. The van der Waals surface area contributed by atoms with E-state index in [4.69, 9.17) is 0 Å². The Balaban J connectivity index is 2.53. The van der Waals surface area contributed by atoms with Crippen LogP contribution >= 0.6 is 11.9 Å². The number of hydrogen-bond donors (Lipinski definition) is 0. The van der Waals surface area contributed by atoms with Crippen molar-refractivity contribution in [3.05, 3.63) is 0 Å². The molecule has 1 amide bonds. The molecule has 0 aromatic heterocycles. The van der Waals surface area contributed by atoms with Crippen LogP contribution in [0.3, 0.4) is 0 Å². The molecule has 2 nitrogen and oxygen atoms in total. The number of carbonyl (C=O) groups excluding carboxylic acids is 1. The molecule has 0 aliphatic carbocycles. The van der Waals surface area contributed by atoms with Crippen LogP contribution in [0.1, 0.15) is 34.1 Å². The van der Waals surface area contributed by atoms with Crippen molar-refractivity contribution in [2.24, 2.45) is 5.92 Å². The first kappa shape index (κ1) is 9.90. The molecule has 1 saturated heterocycles. The van der Waals surface area contributed by atoms with Crippen molar-refractivity contribution in [3.63, 3.8) is 0 Å². The first-order valence-corrected chi connectivity index (χ1v) is 5.17. The van der Waals surface area contributed by atoms with Gasteiger partial charge in [-0.2, -0.15) is 0 Å². The minimum atomic E-state index is 0.117. The molecule has 0 aromatic carbocycles. The highest BCUT2D eigenvalue weighted by Crippen LogP contribution is 2.39. The fourth-order valence-electron chi connectivity index (χ4n) is 1.30. The fourth-order valence-corrected chi connectivity index (χ4v) is 2.63. The molecular formula is C9H17NOS. The summed E-state index contributed by atoms with van der Waals surface area (Å²) < 4.78 is 2.02. The molecule has 1 aliphatic rings. The lowest BCUT2D eigenvalue weighted by atomic mass is 10.1. The highest BCUT2D eigenvalue weighted by Gasteiger charge is 2.36. The maximum atomic E-state index is 11.4. The van der Waals surface area contributed by atoms with E-state index in [0.29, 0.717) is 18.2 Å². The Morgan fingerprint density at radius 3 is 2.50 bits per heavy atom. The lowest BCUT2D eigenvalue weighted by molar-refractivity contribution is -0.125. The van der Waals surface area contributed by atoms with Gasteiger partial charge in [-0.25, -0.2) is 0 Å². The van der Waals surface area contributed by atoms with E-state index in [2.05, 4.69) is 27.7 Å². The van der Waals surface area contributed by atoms with Gasteiger partial charge in [-0.3, -0.25) is 9.10 Å². The maximum absolute atomic E-state index is 11.4. The van der Waals surface area contributed by atoms with Gasteiger partial charge in [0.2, 0.25) is 5.91 Å². The molecule has 1 aliphatic heterocycles. The van der Waals surface area contributed by atoms with E-state index in [1.807, 2.05) is 4.31 Å². The van der Waals surface area contributed by atoms with Crippen molar-refractivity contribution in [2.75, 3.05) is 6.54 Å². The Morgan fingerprint density at radius 2 is 2.17 bits per heavy atom. The summed E-state index contributed by atoms with van der Waals surface area (Å²) >= 11 is 1.69. The van der Waals surface area contributed by atoms with Gasteiger partial charge in [0.15, 0.2) is 0 Å². The van der Waals surface area contributed by atoms with Crippen molar-refractivity contribution < 1.29 is 4.79 Å². The molecule has 12 heavy (non-hydrogen) atoms. The van der Waals surface area contributed by atoms with E-state index in [-0.39, 0.29) is 4.75 Å². The summed E-state index contributed by atoms with van der Waals surface area (Å²) in [7, 11) is 0. The Kier molecular flexibility index (Phi) is 2.71. The quantitative estimate of drug-likeness (QED) is 0.618. The van der Waals surface area contributed by atoms with Crippen LogP contribution in [0.25, 0.3) is 0 Å². The van der Waals surface area contributed by atoms with Crippen molar-refractivity contribution in [2.45, 2.75) is 38.9 Å². The largest absolute Gasteiger partial charge is 0.286 e. The molecular weight excluding hydrogens is 170 g/mol. The summed E-state index contributed by atoms with van der Waals surface area (Å²) in [4.78, 5) is 11.4. The van der Waals surface area contributed by atoms with Gasteiger partial charge in [0.1, 0.15) is 0 Å². The number of rotatable bonds is 2. The zero-order chi connectivity index (χ0) is 9.35. The van der Waals surface area contributed by atoms with Crippen molar-refractivity contribution >= 4 is 17.9 Å². The smallest absolute Gasteiger partial charge is 0.233 e. The van der Waals surface area contributed by atoms with E-state index in [1.54, 1.807) is 11.9 Å². The molecule has 0 radical (unpaired) electrons. The third kappa shape index (κ3) is 2.41. The lowest BCUT2D eigenvalue weighted by Crippen LogP contribution is -2.22. The Hall–Kier alpha value is -0.180. The minimum absolute atomic E-state index is 0.117. The fraction of sp³-hybridized carbons (Fsp3) is 0.889. The number of nitrogens with zero attached hydrogens (tertiary/aromatic N) is 1.